The molecule has 3 aromatic heterocycles. The van der Waals surface area contributed by atoms with Gasteiger partial charge in [0.05, 0.1) is 5.39 Å². The molecule has 5 nitrogen and oxygen atoms in total. The summed E-state index contributed by atoms with van der Waals surface area (Å²) in [6, 6.07) is 1.88. The molecule has 0 atom stereocenters. The molecule has 4 rings (SSSR count). The van der Waals surface area contributed by atoms with Crippen molar-refractivity contribution in [1.82, 2.24) is 15.1 Å². The molecule has 0 radical (unpaired) electrons. The van der Waals surface area contributed by atoms with Crippen LogP contribution in [0.5, 0.6) is 0 Å². The summed E-state index contributed by atoms with van der Waals surface area (Å²) in [5.74, 6) is 2.33. The maximum absolute atomic E-state index is 5.14. The number of nitrogens with one attached hydrogen (secondary N) is 1. The Morgan fingerprint density at radius 2 is 2.14 bits per heavy atom. The zero-order valence-corrected chi connectivity index (χ0v) is 14.1. The van der Waals surface area contributed by atoms with Crippen LogP contribution in [-0.4, -0.2) is 21.4 Å². The average molecular weight is 332 g/mol. The van der Waals surface area contributed by atoms with Gasteiger partial charge in [0.2, 0.25) is 0 Å². The molecule has 0 saturated carbocycles. The summed E-state index contributed by atoms with van der Waals surface area (Å²) in [5, 5.41) is 9.29. The van der Waals surface area contributed by atoms with Crippen molar-refractivity contribution in [2.75, 3.05) is 11.6 Å². The van der Waals surface area contributed by atoms with Gasteiger partial charge in [-0.2, -0.15) is 0 Å². The number of thioether (sulfide) groups is 1. The van der Waals surface area contributed by atoms with Gasteiger partial charge in [0.15, 0.2) is 11.0 Å². The van der Waals surface area contributed by atoms with Crippen LogP contribution in [0.2, 0.25) is 0 Å². The number of aryl methyl sites for hydroxylation is 3. The van der Waals surface area contributed by atoms with Crippen LogP contribution in [0, 0.1) is 6.92 Å². The van der Waals surface area contributed by atoms with Gasteiger partial charge in [0, 0.05) is 10.9 Å². The van der Waals surface area contributed by atoms with Crippen LogP contribution in [0.1, 0.15) is 29.0 Å². The van der Waals surface area contributed by atoms with Gasteiger partial charge < -0.3 is 9.84 Å². The molecule has 3 aromatic rings. The number of aromatic nitrogens is 3. The minimum absolute atomic E-state index is 0.695. The summed E-state index contributed by atoms with van der Waals surface area (Å²) in [7, 11) is 0. The van der Waals surface area contributed by atoms with Crippen molar-refractivity contribution >= 4 is 45.0 Å². The van der Waals surface area contributed by atoms with Crippen molar-refractivity contribution in [1.29, 1.82) is 0 Å². The summed E-state index contributed by atoms with van der Waals surface area (Å²) >= 11 is 3.37. The number of hydrogen-bond acceptors (Lipinski definition) is 7. The van der Waals surface area contributed by atoms with Crippen LogP contribution in [0.4, 0.5) is 11.6 Å². The van der Waals surface area contributed by atoms with E-state index in [1.165, 1.54) is 23.3 Å². The lowest BCUT2D eigenvalue weighted by atomic mass is 9.97. The summed E-state index contributed by atoms with van der Waals surface area (Å²) in [6.07, 6.45) is 6.79. The maximum Gasteiger partial charge on any atom is 0.190 e. The number of anilines is 2. The fourth-order valence-electron chi connectivity index (χ4n) is 2.87. The Kier molecular flexibility index (Phi) is 3.54. The molecule has 0 amide bonds. The number of rotatable bonds is 3. The van der Waals surface area contributed by atoms with Gasteiger partial charge in [0.1, 0.15) is 16.4 Å². The van der Waals surface area contributed by atoms with E-state index in [4.69, 9.17) is 9.51 Å². The lowest BCUT2D eigenvalue weighted by Gasteiger charge is -2.12. The second-order valence-corrected chi connectivity index (χ2v) is 7.25. The highest BCUT2D eigenvalue weighted by molar-refractivity contribution is 7.98. The Morgan fingerprint density at radius 1 is 1.27 bits per heavy atom. The molecule has 22 heavy (non-hydrogen) atoms. The van der Waals surface area contributed by atoms with Crippen molar-refractivity contribution in [3.05, 3.63) is 22.3 Å². The van der Waals surface area contributed by atoms with Crippen molar-refractivity contribution in [2.24, 2.45) is 0 Å². The van der Waals surface area contributed by atoms with Gasteiger partial charge in [-0.25, -0.2) is 9.97 Å². The molecule has 0 spiro atoms. The molecule has 1 N–H and O–H groups in total. The average Bonchev–Trinajstić information content (AvgIpc) is 3.10. The fraction of sp³-hybridized carbons (Fsp3) is 0.400. The molecule has 0 bridgehead atoms. The SMILES string of the molecule is CSc1nc(Nc2cc(C)on2)c2c3c(sc2n1)CCCC3. The maximum atomic E-state index is 5.14. The minimum atomic E-state index is 0.695. The third-order valence-corrected chi connectivity index (χ3v) is 5.58. The minimum Gasteiger partial charge on any atom is -0.360 e. The Bertz CT molecular complexity index is 840. The molecule has 1 aliphatic carbocycles. The fourth-order valence-corrected chi connectivity index (χ4v) is 4.55. The van der Waals surface area contributed by atoms with E-state index in [0.29, 0.717) is 5.82 Å². The van der Waals surface area contributed by atoms with Crippen molar-refractivity contribution in [2.45, 2.75) is 37.8 Å². The Hall–Kier alpha value is -1.60. The van der Waals surface area contributed by atoms with E-state index in [9.17, 15) is 0 Å². The Balaban J connectivity index is 1.88. The molecule has 0 fully saturated rings. The highest BCUT2D eigenvalue weighted by Crippen LogP contribution is 2.40. The van der Waals surface area contributed by atoms with E-state index in [2.05, 4.69) is 15.5 Å². The summed E-state index contributed by atoms with van der Waals surface area (Å²) in [5.41, 5.74) is 1.42. The monoisotopic (exact) mass is 332 g/mol. The normalized spacial score (nSPS) is 14.3. The lowest BCUT2D eigenvalue weighted by molar-refractivity contribution is 0.400. The highest BCUT2D eigenvalue weighted by Gasteiger charge is 2.21. The predicted octanol–water partition coefficient (Wildman–Crippen LogP) is 4.33. The number of nitrogens with zero attached hydrogens (tertiary/aromatic N) is 3. The van der Waals surface area contributed by atoms with Gasteiger partial charge in [-0.3, -0.25) is 0 Å². The van der Waals surface area contributed by atoms with Gasteiger partial charge in [0.25, 0.3) is 0 Å². The molecule has 3 heterocycles. The third-order valence-electron chi connectivity index (χ3n) is 3.85. The molecule has 0 saturated heterocycles. The first-order valence-corrected chi connectivity index (χ1v) is 9.35. The molecular formula is C15H16N4OS2. The zero-order valence-electron chi connectivity index (χ0n) is 12.5. The molecule has 0 aliphatic heterocycles. The second kappa shape index (κ2) is 5.55. The largest absolute Gasteiger partial charge is 0.360 e. The predicted molar refractivity (Wildman–Crippen MR) is 90.4 cm³/mol. The molecule has 114 valence electrons. The summed E-state index contributed by atoms with van der Waals surface area (Å²) in [6.45, 7) is 1.88. The molecule has 7 heteroatoms. The van der Waals surface area contributed by atoms with Crippen LogP contribution in [-0.2, 0) is 12.8 Å². The van der Waals surface area contributed by atoms with Gasteiger partial charge in [-0.1, -0.05) is 16.9 Å². The van der Waals surface area contributed by atoms with Crippen LogP contribution in [0.15, 0.2) is 15.7 Å². The second-order valence-electron chi connectivity index (χ2n) is 5.40. The quantitative estimate of drug-likeness (QED) is 0.569. The Labute approximate surface area is 136 Å². The van der Waals surface area contributed by atoms with E-state index >= 15 is 0 Å². The zero-order chi connectivity index (χ0) is 15.1. The number of hydrogen-bond donors (Lipinski definition) is 1. The van der Waals surface area contributed by atoms with Crippen LogP contribution in [0.3, 0.4) is 0 Å². The number of thiophene rings is 1. The van der Waals surface area contributed by atoms with Crippen LogP contribution in [0.25, 0.3) is 10.2 Å². The molecule has 1 aliphatic rings. The van der Waals surface area contributed by atoms with E-state index in [1.807, 2.05) is 30.6 Å². The Morgan fingerprint density at radius 3 is 2.91 bits per heavy atom. The van der Waals surface area contributed by atoms with E-state index in [0.717, 1.165) is 39.8 Å². The van der Waals surface area contributed by atoms with E-state index in [1.54, 1.807) is 11.8 Å². The van der Waals surface area contributed by atoms with Crippen LogP contribution >= 0.6 is 23.1 Å². The third kappa shape index (κ3) is 2.38. The van der Waals surface area contributed by atoms with Crippen LogP contribution < -0.4 is 5.32 Å². The molecule has 0 unspecified atom stereocenters. The lowest BCUT2D eigenvalue weighted by Crippen LogP contribution is -2.02. The molecule has 0 aromatic carbocycles. The summed E-state index contributed by atoms with van der Waals surface area (Å²) in [4.78, 5) is 11.9. The topological polar surface area (TPSA) is 63.8 Å². The first-order valence-electron chi connectivity index (χ1n) is 7.31. The first kappa shape index (κ1) is 14.0. The van der Waals surface area contributed by atoms with Crippen molar-refractivity contribution in [3.8, 4) is 0 Å². The van der Waals surface area contributed by atoms with Gasteiger partial charge in [-0.05, 0) is 44.4 Å². The first-order chi connectivity index (χ1) is 10.7. The molecular weight excluding hydrogens is 316 g/mol. The highest BCUT2D eigenvalue weighted by atomic mass is 32.2. The van der Waals surface area contributed by atoms with Crippen molar-refractivity contribution in [3.63, 3.8) is 0 Å². The van der Waals surface area contributed by atoms with Gasteiger partial charge in [-0.15, -0.1) is 11.3 Å². The van der Waals surface area contributed by atoms with Crippen molar-refractivity contribution < 1.29 is 4.52 Å². The van der Waals surface area contributed by atoms with Gasteiger partial charge >= 0.3 is 0 Å². The van der Waals surface area contributed by atoms with E-state index < -0.39 is 0 Å². The number of fused-ring (bicyclic) bond motifs is 3. The standard InChI is InChI=1S/C15H16N4OS2/c1-8-7-11(19-20-8)16-13-12-9-5-3-4-6-10(9)22-14(12)18-15(17-13)21-2/h7H,3-6H2,1-2H3,(H,16,17,18,19). The van der Waals surface area contributed by atoms with E-state index in [-0.39, 0.29) is 0 Å². The summed E-state index contributed by atoms with van der Waals surface area (Å²) < 4.78 is 5.14. The smallest absolute Gasteiger partial charge is 0.190 e.